The number of nitrogens with one attached hydrogen (secondary N) is 1. The van der Waals surface area contributed by atoms with E-state index >= 15 is 0 Å². The maximum absolute atomic E-state index is 11.8. The average Bonchev–Trinajstić information content (AvgIpc) is 2.30. The van der Waals surface area contributed by atoms with Gasteiger partial charge < -0.3 is 15.5 Å². The molecule has 1 amide bonds. The highest BCUT2D eigenvalue weighted by Gasteiger charge is 2.37. The molecule has 0 atom stereocenters. The number of carboxylic acid groups (broad SMARTS) is 1. The van der Waals surface area contributed by atoms with Crippen molar-refractivity contribution in [3.63, 3.8) is 0 Å². The zero-order chi connectivity index (χ0) is 13.8. The molecule has 3 N–H and O–H groups in total. The van der Waals surface area contributed by atoms with Gasteiger partial charge in [0, 0.05) is 13.0 Å². The summed E-state index contributed by atoms with van der Waals surface area (Å²) in [6.07, 6.45) is 2.17. The van der Waals surface area contributed by atoms with Crippen LogP contribution in [-0.2, 0) is 9.59 Å². The van der Waals surface area contributed by atoms with Crippen molar-refractivity contribution in [2.45, 2.75) is 52.1 Å². The summed E-state index contributed by atoms with van der Waals surface area (Å²) in [7, 11) is 0. The van der Waals surface area contributed by atoms with E-state index in [0.717, 1.165) is 12.8 Å². The monoisotopic (exact) mass is 257 g/mol. The largest absolute Gasteiger partial charge is 0.481 e. The average molecular weight is 257 g/mol. The van der Waals surface area contributed by atoms with Crippen molar-refractivity contribution in [1.29, 1.82) is 0 Å². The predicted molar refractivity (Wildman–Crippen MR) is 67.0 cm³/mol. The zero-order valence-corrected chi connectivity index (χ0v) is 11.1. The van der Waals surface area contributed by atoms with E-state index in [1.807, 2.05) is 0 Å². The Hall–Kier alpha value is -1.10. The smallest absolute Gasteiger partial charge is 0.310 e. The first kappa shape index (κ1) is 15.0. The minimum atomic E-state index is -0.941. The molecule has 1 saturated carbocycles. The van der Waals surface area contributed by atoms with Gasteiger partial charge in [0.05, 0.1) is 11.5 Å². The van der Waals surface area contributed by atoms with Gasteiger partial charge in [-0.2, -0.15) is 0 Å². The lowest BCUT2D eigenvalue weighted by molar-refractivity contribution is -0.152. The van der Waals surface area contributed by atoms with Gasteiger partial charge >= 0.3 is 5.97 Å². The zero-order valence-electron chi connectivity index (χ0n) is 11.1. The first-order valence-electron chi connectivity index (χ1n) is 6.61. The number of carboxylic acids is 1. The van der Waals surface area contributed by atoms with Gasteiger partial charge in [0.2, 0.25) is 5.91 Å². The topological polar surface area (TPSA) is 86.6 Å². The fraction of sp³-hybridized carbons (Fsp3) is 0.846. The Kier molecular flexibility index (Phi) is 5.14. The Morgan fingerprint density at radius 1 is 1.28 bits per heavy atom. The second-order valence-corrected chi connectivity index (χ2v) is 5.26. The van der Waals surface area contributed by atoms with E-state index in [1.165, 1.54) is 0 Å². The highest BCUT2D eigenvalue weighted by molar-refractivity contribution is 5.84. The summed E-state index contributed by atoms with van der Waals surface area (Å²) in [5.41, 5.74) is -0.941. The SMILES string of the molecule is CCC(CC)(CC(=O)NCC1CC(O)C1)C(=O)O. The molecule has 18 heavy (non-hydrogen) atoms. The molecule has 0 spiro atoms. The molecule has 0 bridgehead atoms. The number of hydrogen-bond donors (Lipinski definition) is 3. The fourth-order valence-corrected chi connectivity index (χ4v) is 2.37. The van der Waals surface area contributed by atoms with Crippen LogP contribution in [-0.4, -0.2) is 34.7 Å². The molecule has 1 fully saturated rings. The molecule has 1 rings (SSSR count). The maximum atomic E-state index is 11.8. The summed E-state index contributed by atoms with van der Waals surface area (Å²) < 4.78 is 0. The van der Waals surface area contributed by atoms with E-state index in [0.29, 0.717) is 25.3 Å². The van der Waals surface area contributed by atoms with Crippen LogP contribution in [0.2, 0.25) is 0 Å². The number of carbonyl (C=O) groups excluding carboxylic acids is 1. The summed E-state index contributed by atoms with van der Waals surface area (Å²) in [4.78, 5) is 23.0. The van der Waals surface area contributed by atoms with E-state index in [4.69, 9.17) is 5.11 Å². The van der Waals surface area contributed by atoms with Crippen LogP contribution in [0.15, 0.2) is 0 Å². The van der Waals surface area contributed by atoms with Crippen LogP contribution in [0.1, 0.15) is 46.0 Å². The van der Waals surface area contributed by atoms with Crippen molar-refractivity contribution >= 4 is 11.9 Å². The highest BCUT2D eigenvalue weighted by Crippen LogP contribution is 2.31. The molecule has 0 saturated heterocycles. The van der Waals surface area contributed by atoms with Gasteiger partial charge in [0.1, 0.15) is 0 Å². The molecule has 5 heteroatoms. The van der Waals surface area contributed by atoms with E-state index < -0.39 is 11.4 Å². The molecule has 1 aliphatic carbocycles. The molecule has 0 aromatic heterocycles. The molecule has 0 radical (unpaired) electrons. The predicted octanol–water partition coefficient (Wildman–Crippen LogP) is 1.15. The Labute approximate surface area is 108 Å². The minimum Gasteiger partial charge on any atom is -0.481 e. The Bertz CT molecular complexity index is 306. The third-order valence-corrected chi connectivity index (χ3v) is 4.10. The molecule has 0 aliphatic heterocycles. The summed E-state index contributed by atoms with van der Waals surface area (Å²) in [6, 6.07) is 0. The lowest BCUT2D eigenvalue weighted by Gasteiger charge is -2.32. The van der Waals surface area contributed by atoms with E-state index in [1.54, 1.807) is 13.8 Å². The molecule has 1 aliphatic rings. The Morgan fingerprint density at radius 3 is 2.22 bits per heavy atom. The lowest BCUT2D eigenvalue weighted by atomic mass is 9.78. The summed E-state index contributed by atoms with van der Waals surface area (Å²) >= 11 is 0. The van der Waals surface area contributed by atoms with Gasteiger partial charge in [0.25, 0.3) is 0 Å². The van der Waals surface area contributed by atoms with Crippen LogP contribution in [0.4, 0.5) is 0 Å². The summed E-state index contributed by atoms with van der Waals surface area (Å²) in [5.74, 6) is -0.768. The number of carbonyl (C=O) groups is 2. The first-order chi connectivity index (χ1) is 8.43. The fourth-order valence-electron chi connectivity index (χ4n) is 2.37. The van der Waals surface area contributed by atoms with Crippen molar-refractivity contribution in [3.05, 3.63) is 0 Å². The van der Waals surface area contributed by atoms with Gasteiger partial charge in [0.15, 0.2) is 0 Å². The van der Waals surface area contributed by atoms with Gasteiger partial charge in [-0.3, -0.25) is 9.59 Å². The Morgan fingerprint density at radius 2 is 1.83 bits per heavy atom. The third kappa shape index (κ3) is 3.45. The molecule has 0 unspecified atom stereocenters. The maximum Gasteiger partial charge on any atom is 0.310 e. The second-order valence-electron chi connectivity index (χ2n) is 5.26. The molecule has 0 aromatic carbocycles. The quantitative estimate of drug-likeness (QED) is 0.638. The molecule has 0 aromatic rings. The van der Waals surface area contributed by atoms with Crippen LogP contribution >= 0.6 is 0 Å². The standard InChI is InChI=1S/C13H23NO4/c1-3-13(4-2,12(17)18)7-11(16)14-8-9-5-10(15)6-9/h9-10,15H,3-8H2,1-2H3,(H,14,16)(H,17,18). The number of hydrogen-bond acceptors (Lipinski definition) is 3. The van der Waals surface area contributed by atoms with E-state index in [-0.39, 0.29) is 18.4 Å². The van der Waals surface area contributed by atoms with Gasteiger partial charge in [-0.1, -0.05) is 13.8 Å². The second kappa shape index (κ2) is 6.18. The number of rotatable bonds is 7. The molecular formula is C13H23NO4. The molecule has 5 nitrogen and oxygen atoms in total. The van der Waals surface area contributed by atoms with E-state index in [2.05, 4.69) is 5.32 Å². The van der Waals surface area contributed by atoms with Crippen LogP contribution in [0, 0.1) is 11.3 Å². The summed E-state index contributed by atoms with van der Waals surface area (Å²) in [5, 5.41) is 21.1. The molecular weight excluding hydrogens is 234 g/mol. The van der Waals surface area contributed by atoms with Crippen molar-refractivity contribution in [3.8, 4) is 0 Å². The number of aliphatic hydroxyl groups is 1. The van der Waals surface area contributed by atoms with Gasteiger partial charge in [-0.05, 0) is 31.6 Å². The first-order valence-corrected chi connectivity index (χ1v) is 6.61. The molecule has 104 valence electrons. The van der Waals surface area contributed by atoms with Crippen LogP contribution in [0.3, 0.4) is 0 Å². The lowest BCUT2D eigenvalue weighted by Crippen LogP contribution is -2.41. The van der Waals surface area contributed by atoms with Crippen LogP contribution in [0.5, 0.6) is 0 Å². The normalized spacial score (nSPS) is 23.3. The summed E-state index contributed by atoms with van der Waals surface area (Å²) in [6.45, 7) is 4.14. The number of aliphatic hydroxyl groups excluding tert-OH is 1. The van der Waals surface area contributed by atoms with E-state index in [9.17, 15) is 14.7 Å². The third-order valence-electron chi connectivity index (χ3n) is 4.10. The number of aliphatic carboxylic acids is 1. The minimum absolute atomic E-state index is 0.0323. The van der Waals surface area contributed by atoms with Gasteiger partial charge in [-0.25, -0.2) is 0 Å². The Balaban J connectivity index is 2.39. The highest BCUT2D eigenvalue weighted by atomic mass is 16.4. The number of amides is 1. The van der Waals surface area contributed by atoms with Crippen molar-refractivity contribution < 1.29 is 19.8 Å². The van der Waals surface area contributed by atoms with Crippen molar-refractivity contribution in [2.75, 3.05) is 6.54 Å². The van der Waals surface area contributed by atoms with Crippen LogP contribution in [0.25, 0.3) is 0 Å². The van der Waals surface area contributed by atoms with Gasteiger partial charge in [-0.15, -0.1) is 0 Å². The van der Waals surface area contributed by atoms with Crippen molar-refractivity contribution in [1.82, 2.24) is 5.32 Å². The molecule has 0 heterocycles. The van der Waals surface area contributed by atoms with Crippen molar-refractivity contribution in [2.24, 2.45) is 11.3 Å². The van der Waals surface area contributed by atoms with Crippen LogP contribution < -0.4 is 5.32 Å².